The number of benzene rings is 2. The number of halogens is 3. The molecule has 1 fully saturated rings. The lowest BCUT2D eigenvalue weighted by atomic mass is 10.1. The molecule has 0 saturated carbocycles. The molecular weight excluding hydrogens is 445 g/mol. The number of carbonyl (C=O) groups is 1. The van der Waals surface area contributed by atoms with Crippen molar-refractivity contribution < 1.29 is 32.3 Å². The molecule has 10 heteroatoms. The molecule has 2 aromatic carbocycles. The summed E-state index contributed by atoms with van der Waals surface area (Å²) < 4.78 is 49.1. The number of hydrogen-bond acceptors (Lipinski definition) is 6. The second kappa shape index (κ2) is 9.25. The number of aliphatic carboxylic acids is 1. The van der Waals surface area contributed by atoms with Crippen LogP contribution in [0.25, 0.3) is 11.3 Å². The van der Waals surface area contributed by atoms with Crippen molar-refractivity contribution in [3.63, 3.8) is 0 Å². The minimum atomic E-state index is -4.39. The molecule has 0 aliphatic carbocycles. The summed E-state index contributed by atoms with van der Waals surface area (Å²) in [5.41, 5.74) is 1.12. The maximum absolute atomic E-state index is 12.7. The lowest BCUT2D eigenvalue weighted by molar-refractivity contribution is -0.142. The van der Waals surface area contributed by atoms with Crippen molar-refractivity contribution in [2.45, 2.75) is 25.4 Å². The summed E-state index contributed by atoms with van der Waals surface area (Å²) in [5, 5.41) is 13.2. The van der Waals surface area contributed by atoms with Gasteiger partial charge in [-0.05, 0) is 29.8 Å². The summed E-state index contributed by atoms with van der Waals surface area (Å²) in [6, 6.07) is 13.2. The molecule has 0 radical (unpaired) electrons. The van der Waals surface area contributed by atoms with E-state index in [1.165, 1.54) is 12.1 Å². The normalized spacial score (nSPS) is 16.9. The SMILES string of the molecule is O=C(O)[C@@H]1CSCN1Cc1cccc(OCc2cc(-c3ccc(C(F)(F)F)cc3)no2)c1. The lowest BCUT2D eigenvalue weighted by Crippen LogP contribution is -2.37. The van der Waals surface area contributed by atoms with Crippen molar-refractivity contribution in [2.75, 3.05) is 11.6 Å². The molecule has 4 rings (SSSR count). The van der Waals surface area contributed by atoms with Crippen molar-refractivity contribution in [3.05, 3.63) is 71.5 Å². The molecular formula is C22H19F3N2O4S. The van der Waals surface area contributed by atoms with Gasteiger partial charge >= 0.3 is 12.1 Å². The second-order valence-electron chi connectivity index (χ2n) is 7.29. The molecule has 2 heterocycles. The fourth-order valence-electron chi connectivity index (χ4n) is 3.33. The standard InChI is InChI=1S/C22H19F3N2O4S/c23-22(24,25)16-6-4-15(5-7-16)19-9-18(31-26-19)11-30-17-3-1-2-14(8-17)10-27-13-32-12-20(27)21(28)29/h1-9,20H,10-13H2,(H,28,29)/t20-/m0/s1. The maximum atomic E-state index is 12.7. The number of ether oxygens (including phenoxy) is 1. The van der Waals surface area contributed by atoms with Crippen molar-refractivity contribution in [1.82, 2.24) is 10.1 Å². The Morgan fingerprint density at radius 2 is 2.00 bits per heavy atom. The fourth-order valence-corrected chi connectivity index (χ4v) is 4.52. The molecule has 1 aliphatic rings. The Hall–Kier alpha value is -2.98. The zero-order valence-corrected chi connectivity index (χ0v) is 17.5. The van der Waals surface area contributed by atoms with Gasteiger partial charge in [0.15, 0.2) is 5.76 Å². The van der Waals surface area contributed by atoms with Gasteiger partial charge in [0.1, 0.15) is 24.1 Å². The molecule has 1 aromatic heterocycles. The number of alkyl halides is 3. The predicted molar refractivity (Wildman–Crippen MR) is 112 cm³/mol. The van der Waals surface area contributed by atoms with E-state index in [9.17, 15) is 23.1 Å². The Kier molecular flexibility index (Phi) is 6.43. The summed E-state index contributed by atoms with van der Waals surface area (Å²) in [4.78, 5) is 13.2. The van der Waals surface area contributed by atoms with Crippen molar-refractivity contribution in [1.29, 1.82) is 0 Å². The highest BCUT2D eigenvalue weighted by Crippen LogP contribution is 2.31. The minimum Gasteiger partial charge on any atom is -0.486 e. The zero-order chi connectivity index (χ0) is 22.7. The summed E-state index contributed by atoms with van der Waals surface area (Å²) in [5.74, 6) is 1.42. The first-order valence-electron chi connectivity index (χ1n) is 9.69. The van der Waals surface area contributed by atoms with Crippen molar-refractivity contribution >= 4 is 17.7 Å². The summed E-state index contributed by atoms with van der Waals surface area (Å²) in [7, 11) is 0. The Balaban J connectivity index is 1.37. The van der Waals surface area contributed by atoms with E-state index < -0.39 is 23.8 Å². The van der Waals surface area contributed by atoms with Crippen LogP contribution in [-0.4, -0.2) is 38.8 Å². The predicted octanol–water partition coefficient (Wildman–Crippen LogP) is 4.90. The molecule has 0 unspecified atom stereocenters. The smallest absolute Gasteiger partial charge is 0.416 e. The molecule has 6 nitrogen and oxygen atoms in total. The van der Waals surface area contributed by atoms with Crippen molar-refractivity contribution in [3.8, 4) is 17.0 Å². The summed E-state index contributed by atoms with van der Waals surface area (Å²) in [6.45, 7) is 0.593. The molecule has 0 spiro atoms. The van der Waals surface area contributed by atoms with Gasteiger partial charge in [0, 0.05) is 29.8 Å². The van der Waals surface area contributed by atoms with E-state index in [0.717, 1.165) is 17.7 Å². The number of carboxylic acid groups (broad SMARTS) is 1. The number of aromatic nitrogens is 1. The Morgan fingerprint density at radius 3 is 2.72 bits per heavy atom. The van der Waals surface area contributed by atoms with E-state index in [1.54, 1.807) is 23.9 Å². The molecule has 1 N–H and O–H groups in total. The first-order chi connectivity index (χ1) is 15.3. The van der Waals surface area contributed by atoms with E-state index in [4.69, 9.17) is 9.26 Å². The number of carboxylic acids is 1. The number of nitrogens with zero attached hydrogens (tertiary/aromatic N) is 2. The molecule has 3 aromatic rings. The number of hydrogen-bond donors (Lipinski definition) is 1. The Bertz CT molecular complexity index is 1090. The lowest BCUT2D eigenvalue weighted by Gasteiger charge is -2.20. The van der Waals surface area contributed by atoms with Gasteiger partial charge in [-0.15, -0.1) is 11.8 Å². The quantitative estimate of drug-likeness (QED) is 0.533. The van der Waals surface area contributed by atoms with Crippen molar-refractivity contribution in [2.24, 2.45) is 0 Å². The summed E-state index contributed by atoms with van der Waals surface area (Å²) in [6.07, 6.45) is -4.39. The first kappa shape index (κ1) is 22.2. The van der Waals surface area contributed by atoms with E-state index in [0.29, 0.717) is 40.9 Å². The van der Waals surface area contributed by atoms with Crippen LogP contribution >= 0.6 is 11.8 Å². The molecule has 32 heavy (non-hydrogen) atoms. The average Bonchev–Trinajstić information content (AvgIpc) is 3.42. The van der Waals surface area contributed by atoms with Gasteiger partial charge in [-0.25, -0.2) is 0 Å². The van der Waals surface area contributed by atoms with Crippen LogP contribution in [0.4, 0.5) is 13.2 Å². The largest absolute Gasteiger partial charge is 0.486 e. The van der Waals surface area contributed by atoms with Crippen LogP contribution in [0.1, 0.15) is 16.9 Å². The Morgan fingerprint density at radius 1 is 1.22 bits per heavy atom. The van der Waals surface area contributed by atoms with E-state index in [2.05, 4.69) is 5.16 Å². The highest BCUT2D eigenvalue weighted by molar-refractivity contribution is 7.99. The Labute approximate surface area is 186 Å². The van der Waals surface area contributed by atoms with Gasteiger partial charge in [-0.1, -0.05) is 29.4 Å². The molecule has 168 valence electrons. The minimum absolute atomic E-state index is 0.0917. The van der Waals surface area contributed by atoms with Crippen LogP contribution in [0.3, 0.4) is 0 Å². The fraction of sp³-hybridized carbons (Fsp3) is 0.273. The number of rotatable bonds is 7. The van der Waals surface area contributed by atoms with E-state index in [1.807, 2.05) is 23.1 Å². The third-order valence-electron chi connectivity index (χ3n) is 4.99. The van der Waals surface area contributed by atoms with E-state index >= 15 is 0 Å². The first-order valence-corrected chi connectivity index (χ1v) is 10.8. The molecule has 0 amide bonds. The van der Waals surface area contributed by atoms with Gasteiger partial charge < -0.3 is 14.4 Å². The monoisotopic (exact) mass is 464 g/mol. The third-order valence-corrected chi connectivity index (χ3v) is 6.06. The van der Waals surface area contributed by atoms with Gasteiger partial charge in [0.05, 0.1) is 5.56 Å². The average molecular weight is 464 g/mol. The van der Waals surface area contributed by atoms with Gasteiger partial charge in [-0.3, -0.25) is 9.69 Å². The second-order valence-corrected chi connectivity index (χ2v) is 8.29. The third kappa shape index (κ3) is 5.25. The van der Waals surface area contributed by atoms with Gasteiger partial charge in [-0.2, -0.15) is 13.2 Å². The number of thioether (sulfide) groups is 1. The molecule has 1 aliphatic heterocycles. The zero-order valence-electron chi connectivity index (χ0n) is 16.7. The van der Waals surface area contributed by atoms with Crippen LogP contribution in [0.15, 0.2) is 59.1 Å². The molecule has 0 bridgehead atoms. The molecule has 1 atom stereocenters. The van der Waals surface area contributed by atoms with Crippen LogP contribution in [0, 0.1) is 0 Å². The van der Waals surface area contributed by atoms with Crippen LogP contribution in [0.5, 0.6) is 5.75 Å². The van der Waals surface area contributed by atoms with E-state index in [-0.39, 0.29) is 6.61 Å². The van der Waals surface area contributed by atoms with Crippen LogP contribution in [-0.2, 0) is 24.1 Å². The summed E-state index contributed by atoms with van der Waals surface area (Å²) >= 11 is 1.59. The van der Waals surface area contributed by atoms with Gasteiger partial charge in [0.25, 0.3) is 0 Å². The van der Waals surface area contributed by atoms with Crippen LogP contribution in [0.2, 0.25) is 0 Å². The van der Waals surface area contributed by atoms with Crippen LogP contribution < -0.4 is 4.74 Å². The molecule has 1 saturated heterocycles. The topological polar surface area (TPSA) is 75.8 Å². The highest BCUT2D eigenvalue weighted by Gasteiger charge is 2.31. The highest BCUT2D eigenvalue weighted by atomic mass is 32.2. The van der Waals surface area contributed by atoms with Gasteiger partial charge in [0.2, 0.25) is 0 Å². The maximum Gasteiger partial charge on any atom is 0.416 e.